The van der Waals surface area contributed by atoms with Gasteiger partial charge in [-0.2, -0.15) is 5.10 Å². The Bertz CT molecular complexity index is 1070. The number of nitrogens with zero attached hydrogens (tertiary/aromatic N) is 2. The van der Waals surface area contributed by atoms with E-state index in [9.17, 15) is 13.2 Å². The first kappa shape index (κ1) is 19.1. The second-order valence-corrected chi connectivity index (χ2v) is 8.56. The van der Waals surface area contributed by atoms with Crippen LogP contribution in [0.25, 0.3) is 10.8 Å². The monoisotopic (exact) mass is 385 g/mol. The summed E-state index contributed by atoms with van der Waals surface area (Å²) in [6, 6.07) is 12.6. The van der Waals surface area contributed by atoms with Crippen molar-refractivity contribution in [3.8, 4) is 0 Å². The van der Waals surface area contributed by atoms with Crippen molar-refractivity contribution >= 4 is 26.5 Å². The number of aryl methyl sites for hydroxylation is 2. The maximum absolute atomic E-state index is 12.6. The van der Waals surface area contributed by atoms with Gasteiger partial charge in [0.05, 0.1) is 16.3 Å². The molecular formula is C20H23N3O3S. The van der Waals surface area contributed by atoms with Crippen LogP contribution in [-0.2, 0) is 27.7 Å². The minimum Gasteiger partial charge on any atom is -0.352 e. The molecule has 1 amide bonds. The minimum absolute atomic E-state index is 0.0733. The number of carbonyl (C=O) groups excluding carboxylic acids is 1. The summed E-state index contributed by atoms with van der Waals surface area (Å²) in [5.74, 6) is -0.507. The predicted octanol–water partition coefficient (Wildman–Crippen LogP) is 2.84. The molecule has 0 bridgehead atoms. The van der Waals surface area contributed by atoms with E-state index in [1.807, 2.05) is 44.3 Å². The predicted molar refractivity (Wildman–Crippen MR) is 105 cm³/mol. The van der Waals surface area contributed by atoms with E-state index in [-0.39, 0.29) is 23.0 Å². The number of benzene rings is 2. The first-order valence-electron chi connectivity index (χ1n) is 8.90. The Labute approximate surface area is 159 Å². The second kappa shape index (κ2) is 7.92. The third kappa shape index (κ3) is 4.54. The molecule has 142 valence electrons. The van der Waals surface area contributed by atoms with Crippen LogP contribution in [0.3, 0.4) is 0 Å². The Morgan fingerprint density at radius 3 is 2.59 bits per heavy atom. The average molecular weight is 385 g/mol. The van der Waals surface area contributed by atoms with E-state index < -0.39 is 9.84 Å². The number of aromatic nitrogens is 2. The molecule has 0 saturated heterocycles. The van der Waals surface area contributed by atoms with E-state index >= 15 is 0 Å². The number of amides is 1. The van der Waals surface area contributed by atoms with Gasteiger partial charge in [0.2, 0.25) is 5.91 Å². The van der Waals surface area contributed by atoms with E-state index in [2.05, 4.69) is 10.4 Å². The van der Waals surface area contributed by atoms with Crippen molar-refractivity contribution in [2.75, 3.05) is 5.75 Å². The van der Waals surface area contributed by atoms with Crippen molar-refractivity contribution in [2.24, 2.45) is 0 Å². The summed E-state index contributed by atoms with van der Waals surface area (Å²) >= 11 is 0. The molecule has 0 aliphatic rings. The molecule has 6 nitrogen and oxygen atoms in total. The zero-order valence-electron chi connectivity index (χ0n) is 15.5. The topological polar surface area (TPSA) is 81.1 Å². The molecule has 0 saturated carbocycles. The van der Waals surface area contributed by atoms with Gasteiger partial charge in [-0.05, 0) is 36.8 Å². The van der Waals surface area contributed by atoms with Gasteiger partial charge < -0.3 is 5.32 Å². The minimum atomic E-state index is -3.52. The number of hydrogen-bond acceptors (Lipinski definition) is 4. The molecule has 0 atom stereocenters. The van der Waals surface area contributed by atoms with Gasteiger partial charge in [-0.3, -0.25) is 9.48 Å². The van der Waals surface area contributed by atoms with E-state index in [1.54, 1.807) is 22.9 Å². The lowest BCUT2D eigenvalue weighted by Crippen LogP contribution is -2.25. The van der Waals surface area contributed by atoms with Crippen LogP contribution in [0.1, 0.15) is 24.6 Å². The first-order valence-corrected chi connectivity index (χ1v) is 10.6. The average Bonchev–Trinajstić information content (AvgIpc) is 3.04. The van der Waals surface area contributed by atoms with E-state index in [1.165, 1.54) is 0 Å². The number of carbonyl (C=O) groups is 1. The smallest absolute Gasteiger partial charge is 0.221 e. The maximum Gasteiger partial charge on any atom is 0.221 e. The number of sulfone groups is 1. The molecule has 0 unspecified atom stereocenters. The van der Waals surface area contributed by atoms with Crippen LogP contribution in [0, 0.1) is 6.92 Å². The summed E-state index contributed by atoms with van der Waals surface area (Å²) in [5, 5.41) is 8.95. The third-order valence-corrected chi connectivity index (χ3v) is 6.24. The Morgan fingerprint density at radius 1 is 1.15 bits per heavy atom. The van der Waals surface area contributed by atoms with E-state index in [0.717, 1.165) is 28.6 Å². The van der Waals surface area contributed by atoms with Gasteiger partial charge >= 0.3 is 0 Å². The lowest BCUT2D eigenvalue weighted by molar-refractivity contribution is -0.120. The molecule has 27 heavy (non-hydrogen) atoms. The van der Waals surface area contributed by atoms with Crippen molar-refractivity contribution in [3.05, 3.63) is 59.9 Å². The van der Waals surface area contributed by atoms with E-state index in [0.29, 0.717) is 6.54 Å². The quantitative estimate of drug-likeness (QED) is 0.678. The van der Waals surface area contributed by atoms with Crippen LogP contribution >= 0.6 is 0 Å². The van der Waals surface area contributed by atoms with Gasteiger partial charge in [-0.1, -0.05) is 30.3 Å². The Hall–Kier alpha value is -2.67. The molecule has 3 aromatic rings. The highest BCUT2D eigenvalue weighted by Crippen LogP contribution is 2.20. The standard InChI is InChI=1S/C20H23N3O3S/c1-3-23-14-18(15(2)22-23)13-21-20(24)10-11-27(25,26)19-9-8-16-6-4-5-7-17(16)12-19/h4-9,12,14H,3,10-11,13H2,1-2H3,(H,21,24). The summed E-state index contributed by atoms with van der Waals surface area (Å²) in [7, 11) is -3.52. The van der Waals surface area contributed by atoms with Gasteiger partial charge in [0.15, 0.2) is 9.84 Å². The van der Waals surface area contributed by atoms with Crippen LogP contribution in [0.2, 0.25) is 0 Å². The van der Waals surface area contributed by atoms with Crippen LogP contribution in [0.15, 0.2) is 53.6 Å². The molecule has 0 radical (unpaired) electrons. The molecule has 0 aliphatic carbocycles. The number of rotatable bonds is 7. The molecule has 1 heterocycles. The third-order valence-electron chi connectivity index (χ3n) is 4.53. The van der Waals surface area contributed by atoms with Crippen molar-refractivity contribution < 1.29 is 13.2 Å². The highest BCUT2D eigenvalue weighted by molar-refractivity contribution is 7.91. The number of nitrogens with one attached hydrogen (secondary N) is 1. The molecule has 0 spiro atoms. The zero-order chi connectivity index (χ0) is 19.4. The molecule has 0 fully saturated rings. The van der Waals surface area contributed by atoms with Crippen LogP contribution < -0.4 is 5.32 Å². The Balaban J connectivity index is 1.60. The summed E-state index contributed by atoms with van der Waals surface area (Å²) in [4.78, 5) is 12.3. The number of fused-ring (bicyclic) bond motifs is 1. The highest BCUT2D eigenvalue weighted by atomic mass is 32.2. The van der Waals surface area contributed by atoms with Crippen LogP contribution in [0.4, 0.5) is 0 Å². The van der Waals surface area contributed by atoms with Crippen LogP contribution in [0.5, 0.6) is 0 Å². The molecule has 0 aliphatic heterocycles. The Kier molecular flexibility index (Phi) is 5.60. The molecule has 7 heteroatoms. The van der Waals surface area contributed by atoms with Crippen molar-refractivity contribution in [2.45, 2.75) is 38.3 Å². The van der Waals surface area contributed by atoms with Gasteiger partial charge in [0, 0.05) is 31.3 Å². The largest absolute Gasteiger partial charge is 0.352 e. The maximum atomic E-state index is 12.6. The lowest BCUT2D eigenvalue weighted by Gasteiger charge is -2.07. The molecule has 2 aromatic carbocycles. The fraction of sp³-hybridized carbons (Fsp3) is 0.300. The van der Waals surface area contributed by atoms with Gasteiger partial charge in [-0.15, -0.1) is 0 Å². The lowest BCUT2D eigenvalue weighted by atomic mass is 10.1. The first-order chi connectivity index (χ1) is 12.9. The van der Waals surface area contributed by atoms with Crippen molar-refractivity contribution in [3.63, 3.8) is 0 Å². The summed E-state index contributed by atoms with van der Waals surface area (Å²) < 4.78 is 26.9. The zero-order valence-corrected chi connectivity index (χ0v) is 16.3. The molecule has 1 N–H and O–H groups in total. The Morgan fingerprint density at radius 2 is 1.89 bits per heavy atom. The fourth-order valence-corrected chi connectivity index (χ4v) is 4.15. The molecule has 3 rings (SSSR count). The van der Waals surface area contributed by atoms with Gasteiger partial charge in [0.25, 0.3) is 0 Å². The SMILES string of the molecule is CCn1cc(CNC(=O)CCS(=O)(=O)c2ccc3ccccc3c2)c(C)n1. The highest BCUT2D eigenvalue weighted by Gasteiger charge is 2.17. The van der Waals surface area contributed by atoms with Crippen LogP contribution in [-0.4, -0.2) is 29.9 Å². The number of hydrogen-bond donors (Lipinski definition) is 1. The summed E-state index contributed by atoms with van der Waals surface area (Å²) in [6.45, 7) is 4.99. The normalized spacial score (nSPS) is 11.6. The molecule has 1 aromatic heterocycles. The molecular weight excluding hydrogens is 362 g/mol. The summed E-state index contributed by atoms with van der Waals surface area (Å²) in [6.07, 6.45) is 1.82. The fourth-order valence-electron chi connectivity index (χ4n) is 2.88. The van der Waals surface area contributed by atoms with Gasteiger partial charge in [0.1, 0.15) is 0 Å². The summed E-state index contributed by atoms with van der Waals surface area (Å²) in [5.41, 5.74) is 1.79. The van der Waals surface area contributed by atoms with Crippen molar-refractivity contribution in [1.29, 1.82) is 0 Å². The van der Waals surface area contributed by atoms with Crippen molar-refractivity contribution in [1.82, 2.24) is 15.1 Å². The second-order valence-electron chi connectivity index (χ2n) is 6.45. The van der Waals surface area contributed by atoms with Gasteiger partial charge in [-0.25, -0.2) is 8.42 Å². The van der Waals surface area contributed by atoms with E-state index in [4.69, 9.17) is 0 Å².